The normalized spacial score (nSPS) is 13.0. The number of nitrogens with one attached hydrogen (secondary N) is 2. The lowest BCUT2D eigenvalue weighted by atomic mass is 10.3. The predicted octanol–water partition coefficient (Wildman–Crippen LogP) is 1.36. The molecule has 1 unspecified atom stereocenters. The monoisotopic (exact) mass is 381 g/mol. The molecule has 0 spiro atoms. The van der Waals surface area contributed by atoms with Gasteiger partial charge in [0.05, 0.1) is 16.6 Å². The molecule has 1 aromatic carbocycles. The maximum absolute atomic E-state index is 13.2. The summed E-state index contributed by atoms with van der Waals surface area (Å²) in [5.74, 6) is -1.17. The Kier molecular flexibility index (Phi) is 6.11. The van der Waals surface area contributed by atoms with Crippen LogP contribution in [0.2, 0.25) is 0 Å². The minimum absolute atomic E-state index is 0.0304. The van der Waals surface area contributed by atoms with Gasteiger partial charge in [-0.1, -0.05) is 6.92 Å². The van der Waals surface area contributed by atoms with Gasteiger partial charge in [-0.3, -0.25) is 4.79 Å². The molecule has 1 rings (SSSR count). The molecule has 0 radical (unpaired) electrons. The summed E-state index contributed by atoms with van der Waals surface area (Å²) in [6, 6.07) is 1.00. The highest BCUT2D eigenvalue weighted by Gasteiger charge is 2.24. The van der Waals surface area contributed by atoms with Gasteiger partial charge in [0.1, 0.15) is 5.82 Å². The number of hydrogen-bond donors (Lipinski definition) is 3. The van der Waals surface area contributed by atoms with Crippen molar-refractivity contribution in [2.75, 3.05) is 12.3 Å². The first-order chi connectivity index (χ1) is 9.69. The summed E-state index contributed by atoms with van der Waals surface area (Å²) >= 11 is 2.97. The lowest BCUT2D eigenvalue weighted by Gasteiger charge is -2.15. The van der Waals surface area contributed by atoms with Crippen LogP contribution in [0.15, 0.2) is 21.5 Å². The highest BCUT2D eigenvalue weighted by Crippen LogP contribution is 2.26. The summed E-state index contributed by atoms with van der Waals surface area (Å²) in [5, 5.41) is 2.58. The number of rotatable bonds is 6. The maximum Gasteiger partial charge on any atom is 0.242 e. The van der Waals surface area contributed by atoms with Gasteiger partial charge in [0.2, 0.25) is 15.9 Å². The average Bonchev–Trinajstić information content (AvgIpc) is 2.39. The largest absolute Gasteiger partial charge is 0.396 e. The van der Waals surface area contributed by atoms with E-state index in [1.54, 1.807) is 0 Å². The molecule has 9 heteroatoms. The third-order valence-corrected chi connectivity index (χ3v) is 5.11. The maximum atomic E-state index is 13.2. The van der Waals surface area contributed by atoms with E-state index in [2.05, 4.69) is 26.0 Å². The Balaban J connectivity index is 2.97. The van der Waals surface area contributed by atoms with E-state index in [-0.39, 0.29) is 15.1 Å². The second kappa shape index (κ2) is 7.19. The van der Waals surface area contributed by atoms with Crippen molar-refractivity contribution in [3.63, 3.8) is 0 Å². The topological polar surface area (TPSA) is 101 Å². The molecule has 0 fully saturated rings. The third kappa shape index (κ3) is 4.65. The van der Waals surface area contributed by atoms with Crippen LogP contribution < -0.4 is 15.8 Å². The lowest BCUT2D eigenvalue weighted by molar-refractivity contribution is -0.122. The van der Waals surface area contributed by atoms with E-state index < -0.39 is 27.8 Å². The Bertz CT molecular complexity index is 637. The van der Waals surface area contributed by atoms with Gasteiger partial charge < -0.3 is 11.1 Å². The number of carbonyl (C=O) groups is 1. The second-order valence-corrected chi connectivity index (χ2v) is 6.97. The predicted molar refractivity (Wildman–Crippen MR) is 81.6 cm³/mol. The minimum Gasteiger partial charge on any atom is -0.396 e. The van der Waals surface area contributed by atoms with Crippen molar-refractivity contribution in [2.45, 2.75) is 31.2 Å². The van der Waals surface area contributed by atoms with E-state index in [1.165, 1.54) is 6.92 Å². The average molecular weight is 382 g/mol. The summed E-state index contributed by atoms with van der Waals surface area (Å²) in [6.45, 7) is 3.76. The second-order valence-electron chi connectivity index (χ2n) is 4.44. The smallest absolute Gasteiger partial charge is 0.242 e. The molecule has 118 valence electrons. The van der Waals surface area contributed by atoms with Crippen LogP contribution in [0.3, 0.4) is 0 Å². The van der Waals surface area contributed by atoms with Crippen LogP contribution >= 0.6 is 15.9 Å². The molecule has 6 nitrogen and oxygen atoms in total. The molecule has 1 aromatic rings. The van der Waals surface area contributed by atoms with Gasteiger partial charge in [0, 0.05) is 11.0 Å². The molecule has 0 saturated carbocycles. The number of sulfonamides is 1. The quantitative estimate of drug-likeness (QED) is 0.647. The summed E-state index contributed by atoms with van der Waals surface area (Å²) in [7, 11) is -4.00. The van der Waals surface area contributed by atoms with Crippen LogP contribution in [0.1, 0.15) is 20.3 Å². The minimum atomic E-state index is -4.00. The van der Waals surface area contributed by atoms with E-state index in [1.807, 2.05) is 6.92 Å². The Labute approximate surface area is 131 Å². The number of hydrogen-bond acceptors (Lipinski definition) is 4. The highest BCUT2D eigenvalue weighted by molar-refractivity contribution is 9.10. The van der Waals surface area contributed by atoms with E-state index in [4.69, 9.17) is 5.73 Å². The molecule has 1 atom stereocenters. The molecule has 21 heavy (non-hydrogen) atoms. The standard InChI is InChI=1S/C12H17BrFN3O3S/c1-3-4-16-12(18)7(2)17-21(19,20)11-6-10(15)9(14)5-8(11)13/h5-7,17H,3-4,15H2,1-2H3,(H,16,18). The highest BCUT2D eigenvalue weighted by atomic mass is 79.9. The fraction of sp³-hybridized carbons (Fsp3) is 0.417. The Morgan fingerprint density at radius 3 is 2.67 bits per heavy atom. The Hall–Kier alpha value is -1.19. The first-order valence-electron chi connectivity index (χ1n) is 6.23. The van der Waals surface area contributed by atoms with E-state index in [0.29, 0.717) is 6.54 Å². The van der Waals surface area contributed by atoms with E-state index >= 15 is 0 Å². The molecule has 4 N–H and O–H groups in total. The lowest BCUT2D eigenvalue weighted by Crippen LogP contribution is -2.45. The molecule has 1 amide bonds. The first kappa shape index (κ1) is 17.9. The van der Waals surface area contributed by atoms with Gasteiger partial charge in [0.25, 0.3) is 0 Å². The molecule has 0 aliphatic carbocycles. The van der Waals surface area contributed by atoms with Crippen LogP contribution in [-0.4, -0.2) is 26.9 Å². The van der Waals surface area contributed by atoms with Crippen molar-refractivity contribution in [3.8, 4) is 0 Å². The van der Waals surface area contributed by atoms with Crippen molar-refractivity contribution in [2.24, 2.45) is 0 Å². The SMILES string of the molecule is CCCNC(=O)C(C)NS(=O)(=O)c1cc(N)c(F)cc1Br. The van der Waals surface area contributed by atoms with Gasteiger partial charge in [-0.2, -0.15) is 4.72 Å². The summed E-state index contributed by atoms with van der Waals surface area (Å²) in [6.07, 6.45) is 0.741. The number of halogens is 2. The molecule has 0 aromatic heterocycles. The van der Waals surface area contributed by atoms with Crippen LogP contribution in [0.25, 0.3) is 0 Å². The van der Waals surface area contributed by atoms with Crippen molar-refractivity contribution in [3.05, 3.63) is 22.4 Å². The molecular weight excluding hydrogens is 365 g/mol. The van der Waals surface area contributed by atoms with E-state index in [0.717, 1.165) is 18.6 Å². The van der Waals surface area contributed by atoms with Crippen LogP contribution in [0, 0.1) is 5.82 Å². The summed E-state index contributed by atoms with van der Waals surface area (Å²) < 4.78 is 39.9. The molecule has 0 aliphatic rings. The van der Waals surface area contributed by atoms with Crippen molar-refractivity contribution in [1.29, 1.82) is 0 Å². The fourth-order valence-electron chi connectivity index (χ4n) is 1.50. The van der Waals surface area contributed by atoms with Gasteiger partial charge in [-0.15, -0.1) is 0 Å². The molecule has 0 bridgehead atoms. The molecule has 0 heterocycles. The zero-order valence-corrected chi connectivity index (χ0v) is 14.0. The van der Waals surface area contributed by atoms with Gasteiger partial charge in [0.15, 0.2) is 0 Å². The zero-order chi connectivity index (χ0) is 16.2. The van der Waals surface area contributed by atoms with Crippen LogP contribution in [-0.2, 0) is 14.8 Å². The number of benzene rings is 1. The molecular formula is C12H17BrFN3O3S. The van der Waals surface area contributed by atoms with Gasteiger partial charge in [-0.05, 0) is 41.4 Å². The number of nitrogen functional groups attached to an aromatic ring is 1. The number of amides is 1. The van der Waals surface area contributed by atoms with Crippen LogP contribution in [0.4, 0.5) is 10.1 Å². The molecule has 0 saturated heterocycles. The fourth-order valence-corrected chi connectivity index (χ4v) is 3.75. The number of nitrogens with two attached hydrogens (primary N) is 1. The van der Waals surface area contributed by atoms with E-state index in [9.17, 15) is 17.6 Å². The van der Waals surface area contributed by atoms with Crippen molar-refractivity contribution < 1.29 is 17.6 Å². The van der Waals surface area contributed by atoms with Crippen molar-refractivity contribution in [1.82, 2.24) is 10.0 Å². The van der Waals surface area contributed by atoms with Gasteiger partial charge >= 0.3 is 0 Å². The number of carbonyl (C=O) groups excluding carboxylic acids is 1. The van der Waals surface area contributed by atoms with Crippen LogP contribution in [0.5, 0.6) is 0 Å². The third-order valence-electron chi connectivity index (χ3n) is 2.62. The van der Waals surface area contributed by atoms with Crippen molar-refractivity contribution >= 4 is 37.5 Å². The molecule has 0 aliphatic heterocycles. The first-order valence-corrected chi connectivity index (χ1v) is 8.51. The number of anilines is 1. The summed E-state index contributed by atoms with van der Waals surface area (Å²) in [4.78, 5) is 11.5. The zero-order valence-electron chi connectivity index (χ0n) is 11.6. The Morgan fingerprint density at radius 1 is 1.48 bits per heavy atom. The summed E-state index contributed by atoms with van der Waals surface area (Å²) in [5.41, 5.74) is 5.09. The van der Waals surface area contributed by atoms with Gasteiger partial charge in [-0.25, -0.2) is 12.8 Å². The Morgan fingerprint density at radius 2 is 2.10 bits per heavy atom.